The molecule has 5 heteroatoms. The molecule has 2 aromatic carbocycles. The summed E-state index contributed by atoms with van der Waals surface area (Å²) in [6, 6.07) is 11.9. The predicted octanol–water partition coefficient (Wildman–Crippen LogP) is 4.52. The minimum atomic E-state index is -4.35. The van der Waals surface area contributed by atoms with Gasteiger partial charge in [-0.05, 0) is 41.5 Å². The number of hydrogen-bond donors (Lipinski definition) is 0. The Kier molecular flexibility index (Phi) is 4.35. The van der Waals surface area contributed by atoms with Gasteiger partial charge in [-0.3, -0.25) is 4.79 Å². The van der Waals surface area contributed by atoms with Crippen LogP contribution in [0.3, 0.4) is 0 Å². The summed E-state index contributed by atoms with van der Waals surface area (Å²) in [5.74, 6) is -0.260. The number of likely N-dealkylation sites (N-methyl/N-ethyl adjacent to an activating group) is 1. The van der Waals surface area contributed by atoms with Crippen molar-refractivity contribution in [2.24, 2.45) is 0 Å². The van der Waals surface area contributed by atoms with Crippen LogP contribution in [0, 0.1) is 0 Å². The van der Waals surface area contributed by atoms with Gasteiger partial charge in [0.2, 0.25) is 5.91 Å². The smallest absolute Gasteiger partial charge is 0.312 e. The first kappa shape index (κ1) is 15.8. The molecule has 0 saturated carbocycles. The van der Waals surface area contributed by atoms with E-state index in [0.717, 1.165) is 17.7 Å². The third-order valence-corrected chi connectivity index (χ3v) is 3.28. The number of benzene rings is 2. The van der Waals surface area contributed by atoms with Crippen LogP contribution in [0.2, 0.25) is 0 Å². The maximum absolute atomic E-state index is 12.6. The molecule has 2 aromatic rings. The molecule has 0 radical (unpaired) electrons. The molecule has 0 atom stereocenters. The average Bonchev–Trinajstić information content (AvgIpc) is 2.53. The van der Waals surface area contributed by atoms with Gasteiger partial charge in [-0.25, -0.2) is 0 Å². The van der Waals surface area contributed by atoms with Crippen molar-refractivity contribution in [1.82, 2.24) is 0 Å². The van der Waals surface area contributed by atoms with E-state index in [2.05, 4.69) is 6.58 Å². The monoisotopic (exact) mass is 305 g/mol. The number of carbonyl (C=O) groups is 1. The van der Waals surface area contributed by atoms with E-state index >= 15 is 0 Å². The summed E-state index contributed by atoms with van der Waals surface area (Å²) in [5.41, 5.74) is 1.33. The molecule has 0 bridgehead atoms. The molecule has 114 valence electrons. The first-order valence-corrected chi connectivity index (χ1v) is 6.51. The second-order valence-corrected chi connectivity index (χ2v) is 4.73. The van der Waals surface area contributed by atoms with E-state index in [9.17, 15) is 18.0 Å². The van der Waals surface area contributed by atoms with Gasteiger partial charge in [-0.1, -0.05) is 30.8 Å². The zero-order valence-corrected chi connectivity index (χ0v) is 11.9. The zero-order chi connectivity index (χ0) is 16.3. The fraction of sp³-hybridized carbons (Fsp3) is 0.118. The number of rotatable bonds is 3. The summed E-state index contributed by atoms with van der Waals surface area (Å²) in [6.07, 6.45) is -3.15. The lowest BCUT2D eigenvalue weighted by Gasteiger charge is -2.16. The van der Waals surface area contributed by atoms with Crippen molar-refractivity contribution >= 4 is 11.6 Å². The van der Waals surface area contributed by atoms with Crippen LogP contribution in [-0.4, -0.2) is 13.0 Å². The minimum Gasteiger partial charge on any atom is -0.312 e. The quantitative estimate of drug-likeness (QED) is 0.763. The van der Waals surface area contributed by atoms with E-state index in [1.54, 1.807) is 31.3 Å². The highest BCUT2D eigenvalue weighted by atomic mass is 19.4. The van der Waals surface area contributed by atoms with Gasteiger partial charge in [0, 0.05) is 12.7 Å². The molecule has 0 N–H and O–H groups in total. The van der Waals surface area contributed by atoms with Crippen molar-refractivity contribution in [3.05, 3.63) is 66.7 Å². The molecule has 0 unspecified atom stereocenters. The molecule has 2 rings (SSSR count). The zero-order valence-electron chi connectivity index (χ0n) is 11.9. The molecular weight excluding hydrogens is 291 g/mol. The third kappa shape index (κ3) is 3.36. The number of anilines is 1. The Hall–Kier alpha value is -2.56. The van der Waals surface area contributed by atoms with E-state index in [4.69, 9.17) is 0 Å². The second kappa shape index (κ2) is 6.05. The molecule has 0 aliphatic heterocycles. The Labute approximate surface area is 126 Å². The number of carbonyl (C=O) groups excluding carboxylic acids is 1. The van der Waals surface area contributed by atoms with Gasteiger partial charge in [0.25, 0.3) is 0 Å². The molecule has 0 saturated heterocycles. The van der Waals surface area contributed by atoms with Gasteiger partial charge in [0.15, 0.2) is 0 Å². The normalized spacial score (nSPS) is 11.1. The largest absolute Gasteiger partial charge is 0.416 e. The van der Waals surface area contributed by atoms with E-state index < -0.39 is 11.7 Å². The molecule has 2 nitrogen and oxygen atoms in total. The molecule has 0 spiro atoms. The van der Waals surface area contributed by atoms with E-state index in [1.807, 2.05) is 0 Å². The van der Waals surface area contributed by atoms with E-state index in [-0.39, 0.29) is 5.91 Å². The topological polar surface area (TPSA) is 20.3 Å². The van der Waals surface area contributed by atoms with Gasteiger partial charge < -0.3 is 4.90 Å². The Bertz CT molecular complexity index is 690. The SMILES string of the molecule is C=CC(=O)N(C)c1cccc(-c2ccc(C(F)(F)F)cc2)c1. The summed E-state index contributed by atoms with van der Waals surface area (Å²) >= 11 is 0. The number of alkyl halides is 3. The van der Waals surface area contributed by atoms with Gasteiger partial charge in [-0.2, -0.15) is 13.2 Å². The summed E-state index contributed by atoms with van der Waals surface area (Å²) in [4.78, 5) is 13.0. The molecular formula is C17H14F3NO. The Morgan fingerprint density at radius 2 is 1.73 bits per heavy atom. The Morgan fingerprint density at radius 3 is 2.27 bits per heavy atom. The van der Waals surface area contributed by atoms with Crippen LogP contribution in [0.25, 0.3) is 11.1 Å². The highest BCUT2D eigenvalue weighted by molar-refractivity contribution is 6.00. The van der Waals surface area contributed by atoms with Crippen LogP contribution in [-0.2, 0) is 11.0 Å². The first-order chi connectivity index (χ1) is 10.3. The number of hydrogen-bond acceptors (Lipinski definition) is 1. The minimum absolute atomic E-state index is 0.260. The van der Waals surface area contributed by atoms with Gasteiger partial charge in [0.1, 0.15) is 0 Å². The van der Waals surface area contributed by atoms with Crippen molar-refractivity contribution in [3.63, 3.8) is 0 Å². The van der Waals surface area contributed by atoms with Crippen molar-refractivity contribution in [3.8, 4) is 11.1 Å². The Balaban J connectivity index is 2.34. The number of halogens is 3. The van der Waals surface area contributed by atoms with Gasteiger partial charge in [0.05, 0.1) is 5.56 Å². The molecule has 1 amide bonds. The molecule has 0 fully saturated rings. The van der Waals surface area contributed by atoms with Crippen molar-refractivity contribution < 1.29 is 18.0 Å². The first-order valence-electron chi connectivity index (χ1n) is 6.51. The van der Waals surface area contributed by atoms with Crippen LogP contribution >= 0.6 is 0 Å². The highest BCUT2D eigenvalue weighted by Crippen LogP contribution is 2.31. The van der Waals surface area contributed by atoms with Crippen LogP contribution in [0.5, 0.6) is 0 Å². The fourth-order valence-electron chi connectivity index (χ4n) is 2.01. The summed E-state index contributed by atoms with van der Waals surface area (Å²) in [7, 11) is 1.61. The third-order valence-electron chi connectivity index (χ3n) is 3.28. The fourth-order valence-corrected chi connectivity index (χ4v) is 2.01. The maximum Gasteiger partial charge on any atom is 0.416 e. The summed E-state index contributed by atoms with van der Waals surface area (Å²) in [6.45, 7) is 3.42. The van der Waals surface area contributed by atoms with Crippen LogP contribution < -0.4 is 4.90 Å². The lowest BCUT2D eigenvalue weighted by Crippen LogP contribution is -2.23. The second-order valence-electron chi connectivity index (χ2n) is 4.73. The maximum atomic E-state index is 12.6. The predicted molar refractivity (Wildman–Crippen MR) is 80.5 cm³/mol. The average molecular weight is 305 g/mol. The van der Waals surface area contributed by atoms with Gasteiger partial charge >= 0.3 is 6.18 Å². The van der Waals surface area contributed by atoms with Crippen LogP contribution in [0.15, 0.2) is 61.2 Å². The lowest BCUT2D eigenvalue weighted by molar-refractivity contribution is -0.137. The van der Waals surface area contributed by atoms with Crippen LogP contribution in [0.4, 0.5) is 18.9 Å². The molecule has 0 aliphatic carbocycles. The van der Waals surface area contributed by atoms with Crippen LogP contribution in [0.1, 0.15) is 5.56 Å². The van der Waals surface area contributed by atoms with Crippen molar-refractivity contribution in [1.29, 1.82) is 0 Å². The number of amides is 1. The lowest BCUT2D eigenvalue weighted by atomic mass is 10.0. The van der Waals surface area contributed by atoms with Crippen molar-refractivity contribution in [2.45, 2.75) is 6.18 Å². The van der Waals surface area contributed by atoms with Gasteiger partial charge in [-0.15, -0.1) is 0 Å². The van der Waals surface area contributed by atoms with E-state index in [0.29, 0.717) is 11.3 Å². The molecule has 22 heavy (non-hydrogen) atoms. The molecule has 0 heterocycles. The van der Waals surface area contributed by atoms with E-state index in [1.165, 1.54) is 23.1 Å². The van der Waals surface area contributed by atoms with Crippen molar-refractivity contribution in [2.75, 3.05) is 11.9 Å². The summed E-state index contributed by atoms with van der Waals surface area (Å²) < 4.78 is 37.7. The summed E-state index contributed by atoms with van der Waals surface area (Å²) in [5, 5.41) is 0. The molecule has 0 aliphatic rings. The molecule has 0 aromatic heterocycles. The highest BCUT2D eigenvalue weighted by Gasteiger charge is 2.29. The Morgan fingerprint density at radius 1 is 1.09 bits per heavy atom. The number of nitrogens with zero attached hydrogens (tertiary/aromatic N) is 1. The standard InChI is InChI=1S/C17H14F3NO/c1-3-16(22)21(2)15-6-4-5-13(11-15)12-7-9-14(10-8-12)17(18,19)20/h3-11H,1H2,2H3.